The maximum atomic E-state index is 6.07. The Kier molecular flexibility index (Phi) is 2.88. The average molecular weight is 277 g/mol. The van der Waals surface area contributed by atoms with Gasteiger partial charge in [-0.15, -0.1) is 0 Å². The van der Waals surface area contributed by atoms with E-state index in [1.165, 1.54) is 21.2 Å². The fourth-order valence-electron chi connectivity index (χ4n) is 2.22. The first-order valence-electron chi connectivity index (χ1n) is 5.83. The minimum absolute atomic E-state index is 0.768. The van der Waals surface area contributed by atoms with Crippen molar-refractivity contribution < 1.29 is 0 Å². The molecule has 0 unspecified atom stereocenters. The van der Waals surface area contributed by atoms with Gasteiger partial charge in [-0.3, -0.25) is 0 Å². The van der Waals surface area contributed by atoms with Crippen LogP contribution in [-0.2, 0) is 0 Å². The molecule has 0 bridgehead atoms. The van der Waals surface area contributed by atoms with Crippen LogP contribution < -0.4 is 10.6 Å². The van der Waals surface area contributed by atoms with Crippen molar-refractivity contribution >= 4 is 40.4 Å². The maximum Gasteiger partial charge on any atom is 0.0554 e. The number of benzene rings is 2. The Balaban J connectivity index is 2.18. The van der Waals surface area contributed by atoms with Crippen LogP contribution in [0, 0.1) is 0 Å². The highest BCUT2D eigenvalue weighted by molar-refractivity contribution is 7.99. The van der Waals surface area contributed by atoms with Crippen molar-refractivity contribution in [3.8, 4) is 0 Å². The molecule has 4 heteroatoms. The molecule has 1 heterocycles. The first-order chi connectivity index (χ1) is 8.69. The Morgan fingerprint density at radius 2 is 1.78 bits per heavy atom. The third kappa shape index (κ3) is 1.84. The lowest BCUT2D eigenvalue weighted by atomic mass is 10.2. The lowest BCUT2D eigenvalue weighted by Crippen LogP contribution is -2.19. The van der Waals surface area contributed by atoms with E-state index in [9.17, 15) is 0 Å². The highest BCUT2D eigenvalue weighted by Crippen LogP contribution is 2.49. The third-order valence-corrected chi connectivity index (χ3v) is 4.35. The predicted octanol–water partition coefficient (Wildman–Crippen LogP) is 4.54. The summed E-state index contributed by atoms with van der Waals surface area (Å²) in [6.07, 6.45) is 0. The smallest absolute Gasteiger partial charge is 0.0554 e. The van der Waals surface area contributed by atoms with Gasteiger partial charge in [0.15, 0.2) is 0 Å². The second-order valence-electron chi connectivity index (χ2n) is 4.19. The van der Waals surface area contributed by atoms with Gasteiger partial charge in [-0.05, 0) is 43.3 Å². The molecule has 0 fully saturated rings. The zero-order valence-corrected chi connectivity index (χ0v) is 11.6. The standard InChI is InChI=1S/C14H13ClN2S/c1-2-17-11-5-3-9(15)7-13(11)18-14-8-10(16)4-6-12(14)17/h3-8H,2,16H2,1H3. The zero-order chi connectivity index (χ0) is 12.7. The predicted molar refractivity (Wildman–Crippen MR) is 79.1 cm³/mol. The monoisotopic (exact) mass is 276 g/mol. The summed E-state index contributed by atoms with van der Waals surface area (Å²) in [5.74, 6) is 0. The van der Waals surface area contributed by atoms with Gasteiger partial charge in [0.05, 0.1) is 11.4 Å². The zero-order valence-electron chi connectivity index (χ0n) is 9.98. The van der Waals surface area contributed by atoms with Gasteiger partial charge in [0, 0.05) is 27.0 Å². The van der Waals surface area contributed by atoms with E-state index in [-0.39, 0.29) is 0 Å². The average Bonchev–Trinajstić information content (AvgIpc) is 2.35. The van der Waals surface area contributed by atoms with Crippen molar-refractivity contribution in [3.63, 3.8) is 0 Å². The molecule has 2 N–H and O–H groups in total. The molecule has 3 rings (SSSR count). The van der Waals surface area contributed by atoms with E-state index in [4.69, 9.17) is 17.3 Å². The molecule has 1 aliphatic heterocycles. The van der Waals surface area contributed by atoms with E-state index in [0.29, 0.717) is 0 Å². The number of nitrogen functional groups attached to an aromatic ring is 1. The molecule has 2 nitrogen and oxygen atoms in total. The van der Waals surface area contributed by atoms with Crippen molar-refractivity contribution in [1.82, 2.24) is 0 Å². The van der Waals surface area contributed by atoms with Gasteiger partial charge in [0.25, 0.3) is 0 Å². The van der Waals surface area contributed by atoms with Gasteiger partial charge < -0.3 is 10.6 Å². The Hall–Kier alpha value is -1.32. The number of hydrogen-bond acceptors (Lipinski definition) is 3. The minimum atomic E-state index is 0.768. The molecular weight excluding hydrogens is 264 g/mol. The molecule has 2 aromatic carbocycles. The van der Waals surface area contributed by atoms with Gasteiger partial charge in [-0.25, -0.2) is 0 Å². The molecule has 0 saturated heterocycles. The van der Waals surface area contributed by atoms with Crippen LogP contribution >= 0.6 is 23.4 Å². The molecule has 18 heavy (non-hydrogen) atoms. The fraction of sp³-hybridized carbons (Fsp3) is 0.143. The normalized spacial score (nSPS) is 13.1. The summed E-state index contributed by atoms with van der Waals surface area (Å²) in [7, 11) is 0. The molecule has 0 aromatic heterocycles. The summed E-state index contributed by atoms with van der Waals surface area (Å²) in [5.41, 5.74) is 9.08. The van der Waals surface area contributed by atoms with E-state index >= 15 is 0 Å². The second kappa shape index (κ2) is 4.41. The summed E-state index contributed by atoms with van der Waals surface area (Å²) in [6, 6.07) is 12.1. The molecule has 0 saturated carbocycles. The summed E-state index contributed by atoms with van der Waals surface area (Å²) in [6.45, 7) is 3.07. The van der Waals surface area contributed by atoms with E-state index in [2.05, 4.69) is 24.0 Å². The number of rotatable bonds is 1. The minimum Gasteiger partial charge on any atom is -0.399 e. The molecule has 0 aliphatic carbocycles. The molecule has 92 valence electrons. The summed E-state index contributed by atoms with van der Waals surface area (Å²) >= 11 is 7.79. The van der Waals surface area contributed by atoms with Crippen LogP contribution in [0.5, 0.6) is 0 Å². The molecule has 0 amide bonds. The van der Waals surface area contributed by atoms with Crippen molar-refractivity contribution in [3.05, 3.63) is 41.4 Å². The van der Waals surface area contributed by atoms with Crippen LogP contribution in [0.4, 0.5) is 17.1 Å². The SMILES string of the molecule is CCN1c2ccc(N)cc2Sc2cc(Cl)ccc21. The second-order valence-corrected chi connectivity index (χ2v) is 5.71. The number of nitrogens with two attached hydrogens (primary N) is 1. The van der Waals surface area contributed by atoms with Gasteiger partial charge in [0.2, 0.25) is 0 Å². The summed E-state index contributed by atoms with van der Waals surface area (Å²) in [4.78, 5) is 4.66. The summed E-state index contributed by atoms with van der Waals surface area (Å²) < 4.78 is 0. The molecule has 2 aromatic rings. The van der Waals surface area contributed by atoms with Crippen molar-refractivity contribution in [2.24, 2.45) is 0 Å². The van der Waals surface area contributed by atoms with Crippen LogP contribution in [0.3, 0.4) is 0 Å². The molecule has 0 spiro atoms. The van der Waals surface area contributed by atoms with E-state index < -0.39 is 0 Å². The van der Waals surface area contributed by atoms with Gasteiger partial charge >= 0.3 is 0 Å². The topological polar surface area (TPSA) is 29.3 Å². The first-order valence-corrected chi connectivity index (χ1v) is 7.03. The van der Waals surface area contributed by atoms with Gasteiger partial charge in [-0.1, -0.05) is 23.4 Å². The Morgan fingerprint density at radius 3 is 2.50 bits per heavy atom. The van der Waals surface area contributed by atoms with E-state index in [1.807, 2.05) is 24.3 Å². The molecule has 0 atom stereocenters. The highest BCUT2D eigenvalue weighted by atomic mass is 35.5. The van der Waals surface area contributed by atoms with Crippen LogP contribution in [0.15, 0.2) is 46.2 Å². The molecular formula is C14H13ClN2S. The van der Waals surface area contributed by atoms with Crippen LogP contribution in [0.25, 0.3) is 0 Å². The number of fused-ring (bicyclic) bond motifs is 2. The van der Waals surface area contributed by atoms with Gasteiger partial charge in [0.1, 0.15) is 0 Å². The first kappa shape index (κ1) is 11.8. The van der Waals surface area contributed by atoms with Crippen LogP contribution in [0.2, 0.25) is 5.02 Å². The quantitative estimate of drug-likeness (QED) is 0.775. The third-order valence-electron chi connectivity index (χ3n) is 3.02. The highest BCUT2D eigenvalue weighted by Gasteiger charge is 2.22. The number of anilines is 3. The number of halogens is 1. The molecule has 0 radical (unpaired) electrons. The Bertz CT molecular complexity index is 561. The van der Waals surface area contributed by atoms with E-state index in [0.717, 1.165) is 17.3 Å². The van der Waals surface area contributed by atoms with Crippen molar-refractivity contribution in [1.29, 1.82) is 0 Å². The fourth-order valence-corrected chi connectivity index (χ4v) is 3.64. The summed E-state index contributed by atoms with van der Waals surface area (Å²) in [5, 5.41) is 0.768. The number of hydrogen-bond donors (Lipinski definition) is 1. The van der Waals surface area contributed by atoms with Crippen molar-refractivity contribution in [2.75, 3.05) is 17.2 Å². The number of nitrogens with zero attached hydrogens (tertiary/aromatic N) is 1. The van der Waals surface area contributed by atoms with Gasteiger partial charge in [-0.2, -0.15) is 0 Å². The molecule has 1 aliphatic rings. The largest absolute Gasteiger partial charge is 0.399 e. The lowest BCUT2D eigenvalue weighted by molar-refractivity contribution is 0.980. The Labute approximate surface area is 116 Å². The van der Waals surface area contributed by atoms with Crippen LogP contribution in [-0.4, -0.2) is 6.54 Å². The van der Waals surface area contributed by atoms with Crippen molar-refractivity contribution in [2.45, 2.75) is 16.7 Å². The maximum absolute atomic E-state index is 6.07. The Morgan fingerprint density at radius 1 is 1.11 bits per heavy atom. The lowest BCUT2D eigenvalue weighted by Gasteiger charge is -2.32. The van der Waals surface area contributed by atoms with E-state index in [1.54, 1.807) is 11.8 Å². The van der Waals surface area contributed by atoms with Crippen LogP contribution in [0.1, 0.15) is 6.92 Å².